The highest BCUT2D eigenvalue weighted by atomic mass is 15.1. The molecule has 12 aromatic rings. The number of rotatable bonds is 6. The third-order valence-electron chi connectivity index (χ3n) is 15.7. The maximum absolute atomic E-state index is 2.47. The van der Waals surface area contributed by atoms with Gasteiger partial charge in [-0.2, -0.15) is 0 Å². The fourth-order valence-corrected chi connectivity index (χ4v) is 12.4. The summed E-state index contributed by atoms with van der Waals surface area (Å²) in [7, 11) is 0. The summed E-state index contributed by atoms with van der Waals surface area (Å²) in [6, 6.07) is 83.5. The van der Waals surface area contributed by atoms with Crippen LogP contribution in [0.25, 0.3) is 88.4 Å². The maximum Gasteiger partial charge on any atom is 0.0544 e. The summed E-state index contributed by atoms with van der Waals surface area (Å²) < 4.78 is 4.85. The van der Waals surface area contributed by atoms with Crippen LogP contribution in [0.3, 0.4) is 0 Å². The van der Waals surface area contributed by atoms with Gasteiger partial charge in [-0.05, 0) is 141 Å². The smallest absolute Gasteiger partial charge is 0.0544 e. The number of benzene rings is 10. The monoisotopic (exact) mass is 883 g/mol. The number of hydrogen-bond donors (Lipinski definition) is 0. The molecule has 0 radical (unpaired) electrons. The first-order valence-electron chi connectivity index (χ1n) is 24.3. The zero-order valence-corrected chi connectivity index (χ0v) is 39.2. The van der Waals surface area contributed by atoms with E-state index in [2.05, 4.69) is 266 Å². The van der Waals surface area contributed by atoms with Gasteiger partial charge in [0.25, 0.3) is 0 Å². The number of anilines is 3. The third kappa shape index (κ3) is 5.68. The Kier molecular flexibility index (Phi) is 8.38. The molecular weight excluding hydrogens is 835 g/mol. The molecular formula is C66H49N3. The molecule has 2 aliphatic carbocycles. The van der Waals surface area contributed by atoms with Gasteiger partial charge in [-0.3, -0.25) is 0 Å². The molecule has 0 amide bonds. The quantitative estimate of drug-likeness (QED) is 0.162. The maximum atomic E-state index is 2.47. The Morgan fingerprint density at radius 3 is 1.54 bits per heavy atom. The average Bonchev–Trinajstić information content (AvgIpc) is 4.05. The van der Waals surface area contributed by atoms with Gasteiger partial charge in [0.1, 0.15) is 0 Å². The molecule has 69 heavy (non-hydrogen) atoms. The highest BCUT2D eigenvalue weighted by Crippen LogP contribution is 2.55. The summed E-state index contributed by atoms with van der Waals surface area (Å²) in [6.07, 6.45) is 0. The lowest BCUT2D eigenvalue weighted by atomic mass is 9.82. The van der Waals surface area contributed by atoms with E-state index in [4.69, 9.17) is 0 Å². The van der Waals surface area contributed by atoms with Crippen LogP contribution in [-0.4, -0.2) is 9.13 Å². The normalized spacial score (nSPS) is 14.0. The molecule has 0 saturated carbocycles. The van der Waals surface area contributed by atoms with Crippen LogP contribution in [0.2, 0.25) is 0 Å². The lowest BCUT2D eigenvalue weighted by molar-refractivity contribution is 0.660. The van der Waals surface area contributed by atoms with Crippen molar-refractivity contribution in [3.05, 3.63) is 247 Å². The number of nitrogens with zero attached hydrogens (tertiary/aromatic N) is 3. The molecule has 2 aromatic heterocycles. The Labute approximate surface area is 402 Å². The van der Waals surface area contributed by atoms with Gasteiger partial charge in [0.05, 0.1) is 27.8 Å². The lowest BCUT2D eigenvalue weighted by Gasteiger charge is -2.29. The minimum atomic E-state index is -0.125. The van der Waals surface area contributed by atoms with E-state index in [0.717, 1.165) is 17.1 Å². The predicted octanol–water partition coefficient (Wildman–Crippen LogP) is 17.6. The van der Waals surface area contributed by atoms with E-state index in [-0.39, 0.29) is 10.8 Å². The van der Waals surface area contributed by atoms with Gasteiger partial charge in [0.2, 0.25) is 0 Å². The molecule has 328 valence electrons. The zero-order chi connectivity index (χ0) is 46.2. The van der Waals surface area contributed by atoms with Crippen molar-refractivity contribution in [3.8, 4) is 44.8 Å². The van der Waals surface area contributed by atoms with Gasteiger partial charge in [-0.25, -0.2) is 0 Å². The molecule has 0 N–H and O–H groups in total. The summed E-state index contributed by atoms with van der Waals surface area (Å²) in [5, 5.41) is 5.06. The zero-order valence-electron chi connectivity index (χ0n) is 39.2. The fourth-order valence-electron chi connectivity index (χ4n) is 12.4. The first-order valence-corrected chi connectivity index (χ1v) is 24.3. The molecule has 2 heterocycles. The number of aromatic nitrogens is 2. The van der Waals surface area contributed by atoms with Crippen molar-refractivity contribution in [2.24, 2.45) is 0 Å². The van der Waals surface area contributed by atoms with Crippen molar-refractivity contribution in [2.45, 2.75) is 38.5 Å². The first-order chi connectivity index (χ1) is 33.8. The van der Waals surface area contributed by atoms with Gasteiger partial charge in [-0.1, -0.05) is 161 Å². The van der Waals surface area contributed by atoms with Crippen LogP contribution in [0.5, 0.6) is 0 Å². The topological polar surface area (TPSA) is 13.1 Å². The summed E-state index contributed by atoms with van der Waals surface area (Å²) in [6.45, 7) is 9.47. The predicted molar refractivity (Wildman–Crippen MR) is 290 cm³/mol. The average molecular weight is 884 g/mol. The van der Waals surface area contributed by atoms with Gasteiger partial charge >= 0.3 is 0 Å². The second-order valence-corrected chi connectivity index (χ2v) is 20.1. The van der Waals surface area contributed by atoms with Crippen LogP contribution in [0.15, 0.2) is 224 Å². The second kappa shape index (κ2) is 14.6. The van der Waals surface area contributed by atoms with Crippen LogP contribution in [0.1, 0.15) is 49.9 Å². The van der Waals surface area contributed by atoms with E-state index in [1.807, 2.05) is 0 Å². The lowest BCUT2D eigenvalue weighted by Crippen LogP contribution is -2.16. The summed E-state index contributed by atoms with van der Waals surface area (Å²) in [5.41, 5.74) is 23.5. The van der Waals surface area contributed by atoms with Crippen molar-refractivity contribution in [3.63, 3.8) is 0 Å². The molecule has 2 aliphatic rings. The van der Waals surface area contributed by atoms with Gasteiger partial charge in [0.15, 0.2) is 0 Å². The molecule has 0 atom stereocenters. The first kappa shape index (κ1) is 39.7. The molecule has 3 heteroatoms. The fraction of sp³-hybridized carbons (Fsp3) is 0.0909. The van der Waals surface area contributed by atoms with Crippen molar-refractivity contribution >= 4 is 60.7 Å². The summed E-state index contributed by atoms with van der Waals surface area (Å²) in [4.78, 5) is 2.47. The minimum Gasteiger partial charge on any atom is -0.310 e. The summed E-state index contributed by atoms with van der Waals surface area (Å²) in [5.74, 6) is 0. The molecule has 10 aromatic carbocycles. The Morgan fingerprint density at radius 2 is 0.826 bits per heavy atom. The highest BCUT2D eigenvalue weighted by Gasteiger charge is 2.38. The van der Waals surface area contributed by atoms with E-state index in [0.29, 0.717) is 0 Å². The van der Waals surface area contributed by atoms with Crippen molar-refractivity contribution in [2.75, 3.05) is 4.90 Å². The molecule has 14 rings (SSSR count). The molecule has 0 saturated heterocycles. The van der Waals surface area contributed by atoms with E-state index >= 15 is 0 Å². The Bertz CT molecular complexity index is 4000. The van der Waals surface area contributed by atoms with Crippen LogP contribution in [-0.2, 0) is 10.8 Å². The molecule has 0 bridgehead atoms. The van der Waals surface area contributed by atoms with Crippen LogP contribution >= 0.6 is 0 Å². The molecule has 0 unspecified atom stereocenters. The number of fused-ring (bicyclic) bond motifs is 12. The van der Waals surface area contributed by atoms with E-state index in [1.54, 1.807) is 0 Å². The van der Waals surface area contributed by atoms with Crippen LogP contribution < -0.4 is 4.90 Å². The van der Waals surface area contributed by atoms with E-state index in [1.165, 1.54) is 111 Å². The summed E-state index contributed by atoms with van der Waals surface area (Å²) >= 11 is 0. The number of hydrogen-bond acceptors (Lipinski definition) is 1. The van der Waals surface area contributed by atoms with Gasteiger partial charge in [0, 0.05) is 60.7 Å². The Morgan fingerprint density at radius 1 is 0.319 bits per heavy atom. The largest absolute Gasteiger partial charge is 0.310 e. The van der Waals surface area contributed by atoms with Crippen molar-refractivity contribution in [1.29, 1.82) is 0 Å². The third-order valence-corrected chi connectivity index (χ3v) is 15.7. The molecule has 0 aliphatic heterocycles. The van der Waals surface area contributed by atoms with Crippen LogP contribution in [0, 0.1) is 0 Å². The van der Waals surface area contributed by atoms with Crippen molar-refractivity contribution in [1.82, 2.24) is 9.13 Å². The molecule has 0 spiro atoms. The Hall–Kier alpha value is -8.40. The van der Waals surface area contributed by atoms with Crippen molar-refractivity contribution < 1.29 is 0 Å². The minimum absolute atomic E-state index is 0.0906. The highest BCUT2D eigenvalue weighted by molar-refractivity contribution is 6.13. The number of para-hydroxylation sites is 3. The van der Waals surface area contributed by atoms with Gasteiger partial charge < -0.3 is 14.0 Å². The van der Waals surface area contributed by atoms with Gasteiger partial charge in [-0.15, -0.1) is 0 Å². The SMILES string of the molecule is CC1(C)c2ccccc2-c2cc3c4cc(-c5ccc(N(c6ccc(-n7c8ccccc8c8ccccc87)cc6)c6cccc7c6-c6ccccc6C7(C)C)cc5)ccc4n(-c4ccccc4)c3cc21. The standard InChI is InChI=1S/C66H49N3/c1-65(2)56-24-13-9-22-51(56)64-57(65)25-16-28-62(64)67(46-34-36-47(37-35-46)68-59-26-14-10-20-49(59)50-21-11-15-27-60(50)68)45-32-29-42(30-33-45)43-31-38-61-53(39-43)54-40-52-48-19-8-12-23-55(48)66(3,4)58(52)41-63(54)69(61)44-17-6-5-7-18-44/h5-41H,1-4H3. The second-order valence-electron chi connectivity index (χ2n) is 20.1. The van der Waals surface area contributed by atoms with E-state index < -0.39 is 0 Å². The molecule has 0 fully saturated rings. The van der Waals surface area contributed by atoms with Crippen LogP contribution in [0.4, 0.5) is 17.1 Å². The molecule has 3 nitrogen and oxygen atoms in total. The van der Waals surface area contributed by atoms with E-state index in [9.17, 15) is 0 Å². The Balaban J connectivity index is 0.921.